The Morgan fingerprint density at radius 2 is 0.970 bits per heavy atom. The van der Waals surface area contributed by atoms with Gasteiger partial charge in [-0.1, -0.05) is 72.8 Å². The highest BCUT2D eigenvalue weighted by atomic mass is 16.5. The van der Waals surface area contributed by atoms with Gasteiger partial charge in [0.05, 0.1) is 14.2 Å². The average molecular weight is 437 g/mol. The number of rotatable bonds is 8. The molecule has 0 bridgehead atoms. The molecule has 0 saturated carbocycles. The van der Waals surface area contributed by atoms with E-state index < -0.39 is 0 Å². The van der Waals surface area contributed by atoms with Gasteiger partial charge in [-0.05, 0) is 41.8 Å². The smallest absolute Gasteiger partial charge is 0.193 e. The number of ether oxygens (including phenoxy) is 2. The van der Waals surface area contributed by atoms with Crippen molar-refractivity contribution in [1.29, 1.82) is 0 Å². The Bertz CT molecular complexity index is 1180. The first kappa shape index (κ1) is 22.0. The zero-order valence-electron chi connectivity index (χ0n) is 18.6. The van der Waals surface area contributed by atoms with Gasteiger partial charge in [-0.3, -0.25) is 9.59 Å². The molecule has 0 N–H and O–H groups in total. The van der Waals surface area contributed by atoms with Gasteiger partial charge in [-0.25, -0.2) is 0 Å². The fourth-order valence-corrected chi connectivity index (χ4v) is 3.79. The Morgan fingerprint density at radius 3 is 1.33 bits per heavy atom. The highest BCUT2D eigenvalue weighted by Crippen LogP contribution is 2.27. The van der Waals surface area contributed by atoms with Gasteiger partial charge < -0.3 is 9.47 Å². The molecule has 0 unspecified atom stereocenters. The first-order valence-electron chi connectivity index (χ1n) is 10.6. The molecular formula is C29H24O4. The van der Waals surface area contributed by atoms with Crippen LogP contribution in [0.25, 0.3) is 0 Å². The maximum atomic E-state index is 13.3. The molecule has 4 heteroatoms. The monoisotopic (exact) mass is 436 g/mol. The van der Waals surface area contributed by atoms with E-state index in [2.05, 4.69) is 0 Å². The third-order valence-electron chi connectivity index (χ3n) is 5.58. The van der Waals surface area contributed by atoms with E-state index in [9.17, 15) is 9.59 Å². The predicted molar refractivity (Wildman–Crippen MR) is 129 cm³/mol. The maximum Gasteiger partial charge on any atom is 0.193 e. The molecular weight excluding hydrogens is 412 g/mol. The third kappa shape index (κ3) is 4.85. The molecule has 0 aliphatic carbocycles. The van der Waals surface area contributed by atoms with Crippen molar-refractivity contribution in [3.05, 3.63) is 130 Å². The van der Waals surface area contributed by atoms with E-state index in [1.54, 1.807) is 50.6 Å². The summed E-state index contributed by atoms with van der Waals surface area (Å²) < 4.78 is 10.7. The summed E-state index contributed by atoms with van der Waals surface area (Å²) in [5, 5.41) is 0. The van der Waals surface area contributed by atoms with E-state index in [1.165, 1.54) is 0 Å². The number of benzene rings is 4. The van der Waals surface area contributed by atoms with Gasteiger partial charge in [-0.15, -0.1) is 0 Å². The van der Waals surface area contributed by atoms with Crippen molar-refractivity contribution in [2.45, 2.75) is 6.42 Å². The van der Waals surface area contributed by atoms with Crippen LogP contribution >= 0.6 is 0 Å². The fourth-order valence-electron chi connectivity index (χ4n) is 3.79. The SMILES string of the molecule is COc1ccc(Cc2ccc(OC)cc2C(=O)c2ccccc2)c(C(=O)c2ccccc2)c1. The molecule has 4 nitrogen and oxygen atoms in total. The number of hydrogen-bond acceptors (Lipinski definition) is 4. The minimum atomic E-state index is -0.0889. The van der Waals surface area contributed by atoms with Gasteiger partial charge in [0.25, 0.3) is 0 Å². The Hall–Kier alpha value is -4.18. The van der Waals surface area contributed by atoms with Gasteiger partial charge in [0.1, 0.15) is 11.5 Å². The summed E-state index contributed by atoms with van der Waals surface area (Å²) >= 11 is 0. The van der Waals surface area contributed by atoms with Crippen LogP contribution in [0.1, 0.15) is 43.0 Å². The topological polar surface area (TPSA) is 52.6 Å². The number of carbonyl (C=O) groups is 2. The molecule has 0 aromatic heterocycles. The number of methoxy groups -OCH3 is 2. The summed E-state index contributed by atoms with van der Waals surface area (Å²) in [4.78, 5) is 26.6. The molecule has 4 aromatic carbocycles. The van der Waals surface area contributed by atoms with Gasteiger partial charge in [0, 0.05) is 22.3 Å². The summed E-state index contributed by atoms with van der Waals surface area (Å²) in [5.74, 6) is 1.03. The summed E-state index contributed by atoms with van der Waals surface area (Å²) in [6, 6.07) is 29.2. The molecule has 4 rings (SSSR count). The van der Waals surface area contributed by atoms with Crippen molar-refractivity contribution in [3.8, 4) is 11.5 Å². The van der Waals surface area contributed by atoms with E-state index in [1.807, 2.05) is 60.7 Å². The second-order valence-corrected chi connectivity index (χ2v) is 7.61. The predicted octanol–water partition coefficient (Wildman–Crippen LogP) is 5.76. The van der Waals surface area contributed by atoms with Crippen LogP contribution in [0.15, 0.2) is 97.1 Å². The molecule has 0 atom stereocenters. The van der Waals surface area contributed by atoms with Gasteiger partial charge in [0.15, 0.2) is 11.6 Å². The zero-order valence-corrected chi connectivity index (χ0v) is 18.6. The molecule has 0 amide bonds. The second kappa shape index (κ2) is 9.96. The van der Waals surface area contributed by atoms with E-state index in [4.69, 9.17) is 9.47 Å². The van der Waals surface area contributed by atoms with Crippen LogP contribution in [-0.2, 0) is 6.42 Å². The minimum absolute atomic E-state index is 0.0889. The minimum Gasteiger partial charge on any atom is -0.497 e. The van der Waals surface area contributed by atoms with Crippen molar-refractivity contribution >= 4 is 11.6 Å². The van der Waals surface area contributed by atoms with Crippen LogP contribution < -0.4 is 9.47 Å². The van der Waals surface area contributed by atoms with Crippen molar-refractivity contribution in [2.75, 3.05) is 14.2 Å². The Morgan fingerprint density at radius 1 is 0.576 bits per heavy atom. The summed E-state index contributed by atoms with van der Waals surface area (Å²) in [5.41, 5.74) is 3.93. The Kier molecular flexibility index (Phi) is 6.65. The molecule has 0 fully saturated rings. The largest absolute Gasteiger partial charge is 0.497 e. The summed E-state index contributed by atoms with van der Waals surface area (Å²) in [6.07, 6.45) is 0.413. The second-order valence-electron chi connectivity index (χ2n) is 7.61. The van der Waals surface area contributed by atoms with E-state index in [0.717, 1.165) is 11.1 Å². The quantitative estimate of drug-likeness (QED) is 0.330. The lowest BCUT2D eigenvalue weighted by Crippen LogP contribution is -2.10. The summed E-state index contributed by atoms with van der Waals surface area (Å²) in [7, 11) is 3.15. The van der Waals surface area contributed by atoms with Crippen LogP contribution in [0.2, 0.25) is 0 Å². The molecule has 33 heavy (non-hydrogen) atoms. The molecule has 4 aromatic rings. The van der Waals surface area contributed by atoms with Crippen molar-refractivity contribution in [1.82, 2.24) is 0 Å². The average Bonchev–Trinajstić information content (AvgIpc) is 2.89. The normalized spacial score (nSPS) is 10.5. The van der Waals surface area contributed by atoms with E-state index in [0.29, 0.717) is 40.2 Å². The van der Waals surface area contributed by atoms with Crippen LogP contribution in [-0.4, -0.2) is 25.8 Å². The fraction of sp³-hybridized carbons (Fsp3) is 0.103. The standard InChI is InChI=1S/C29H24O4/c1-32-24-15-13-22(26(18-24)28(30)20-9-5-3-6-10-20)17-23-14-16-25(33-2)19-27(23)29(31)21-11-7-4-8-12-21/h3-16,18-19H,17H2,1-2H3. The highest BCUT2D eigenvalue weighted by Gasteiger charge is 2.19. The Labute approximate surface area is 193 Å². The van der Waals surface area contributed by atoms with E-state index >= 15 is 0 Å². The maximum absolute atomic E-state index is 13.3. The lowest BCUT2D eigenvalue weighted by Gasteiger charge is -2.15. The van der Waals surface area contributed by atoms with Crippen molar-refractivity contribution < 1.29 is 19.1 Å². The van der Waals surface area contributed by atoms with E-state index in [-0.39, 0.29) is 11.6 Å². The molecule has 0 spiro atoms. The number of carbonyl (C=O) groups excluding carboxylic acids is 2. The molecule has 164 valence electrons. The van der Waals surface area contributed by atoms with Crippen LogP contribution in [0.5, 0.6) is 11.5 Å². The van der Waals surface area contributed by atoms with Crippen molar-refractivity contribution in [3.63, 3.8) is 0 Å². The Balaban J connectivity index is 1.78. The van der Waals surface area contributed by atoms with Gasteiger partial charge >= 0.3 is 0 Å². The molecule has 0 heterocycles. The van der Waals surface area contributed by atoms with Gasteiger partial charge in [0.2, 0.25) is 0 Å². The first-order valence-corrected chi connectivity index (χ1v) is 10.6. The number of ketones is 2. The summed E-state index contributed by atoms with van der Waals surface area (Å²) in [6.45, 7) is 0. The third-order valence-corrected chi connectivity index (χ3v) is 5.58. The molecule has 0 saturated heterocycles. The number of hydrogen-bond donors (Lipinski definition) is 0. The van der Waals surface area contributed by atoms with Crippen molar-refractivity contribution in [2.24, 2.45) is 0 Å². The lowest BCUT2D eigenvalue weighted by molar-refractivity contribution is 0.103. The highest BCUT2D eigenvalue weighted by molar-refractivity contribution is 6.11. The van der Waals surface area contributed by atoms with Crippen LogP contribution in [0.4, 0.5) is 0 Å². The van der Waals surface area contributed by atoms with Crippen LogP contribution in [0.3, 0.4) is 0 Å². The molecule has 0 aliphatic rings. The molecule has 0 aliphatic heterocycles. The zero-order chi connectivity index (χ0) is 23.2. The van der Waals surface area contributed by atoms with Crippen LogP contribution in [0, 0.1) is 0 Å². The van der Waals surface area contributed by atoms with Gasteiger partial charge in [-0.2, -0.15) is 0 Å². The lowest BCUT2D eigenvalue weighted by atomic mass is 9.90. The molecule has 0 radical (unpaired) electrons. The first-order chi connectivity index (χ1) is 16.1.